The van der Waals surface area contributed by atoms with Crippen molar-refractivity contribution in [3.05, 3.63) is 29.8 Å². The Balaban J connectivity index is 1.69. The average Bonchev–Trinajstić information content (AvgIpc) is 2.68. The van der Waals surface area contributed by atoms with Gasteiger partial charge in [-0.15, -0.1) is 11.8 Å². The van der Waals surface area contributed by atoms with Crippen LogP contribution in [0.25, 0.3) is 0 Å². The molecule has 2 heterocycles. The minimum Gasteiger partial charge on any atom is -0.317 e. The maximum Gasteiger partial charge on any atom is 0.0341 e. The van der Waals surface area contributed by atoms with Crippen molar-refractivity contribution in [3.8, 4) is 0 Å². The average molecular weight is 262 g/mol. The van der Waals surface area contributed by atoms with E-state index in [1.807, 2.05) is 11.8 Å². The second-order valence-corrected chi connectivity index (χ2v) is 6.41. The number of hydrogen-bond donors (Lipinski definition) is 2. The first-order valence-corrected chi connectivity index (χ1v) is 8.10. The van der Waals surface area contributed by atoms with Crippen LogP contribution in [0, 0.1) is 0 Å². The number of benzene rings is 1. The Morgan fingerprint density at radius 3 is 3.06 bits per heavy atom. The quantitative estimate of drug-likeness (QED) is 0.857. The lowest BCUT2D eigenvalue weighted by Gasteiger charge is -2.29. The highest BCUT2D eigenvalue weighted by atomic mass is 32.2. The van der Waals surface area contributed by atoms with Crippen LogP contribution < -0.4 is 10.6 Å². The Hall–Kier alpha value is -0.510. The molecule has 18 heavy (non-hydrogen) atoms. The van der Waals surface area contributed by atoms with Gasteiger partial charge in [-0.25, -0.2) is 0 Å². The van der Waals surface area contributed by atoms with Crippen molar-refractivity contribution >= 4 is 11.8 Å². The Bertz CT molecular complexity index is 386. The fourth-order valence-corrected chi connectivity index (χ4v) is 4.11. The van der Waals surface area contributed by atoms with E-state index in [-0.39, 0.29) is 0 Å². The van der Waals surface area contributed by atoms with Crippen LogP contribution in [0.3, 0.4) is 0 Å². The molecule has 1 aromatic rings. The van der Waals surface area contributed by atoms with Gasteiger partial charge in [0.2, 0.25) is 0 Å². The van der Waals surface area contributed by atoms with Gasteiger partial charge in [-0.1, -0.05) is 18.2 Å². The van der Waals surface area contributed by atoms with Crippen molar-refractivity contribution in [2.24, 2.45) is 0 Å². The van der Waals surface area contributed by atoms with Crippen LogP contribution in [0.2, 0.25) is 0 Å². The summed E-state index contributed by atoms with van der Waals surface area (Å²) in [6.45, 7) is 2.36. The molecule has 2 atom stereocenters. The highest BCUT2D eigenvalue weighted by Gasteiger charge is 2.23. The molecule has 3 rings (SSSR count). The Kier molecular flexibility index (Phi) is 4.24. The highest BCUT2D eigenvalue weighted by molar-refractivity contribution is 7.99. The topological polar surface area (TPSA) is 24.1 Å². The van der Waals surface area contributed by atoms with Gasteiger partial charge < -0.3 is 10.6 Å². The standard InChI is InChI=1S/C15H22N2S/c1-2-6-15-13(5-1)14(8-11-18-15)17-12-4-3-9-16-10-7-12/h1-2,5-6,12,14,16-17H,3-4,7-11H2. The largest absolute Gasteiger partial charge is 0.317 e. The van der Waals surface area contributed by atoms with Crippen molar-refractivity contribution in [2.45, 2.75) is 42.7 Å². The molecular weight excluding hydrogens is 240 g/mol. The molecule has 0 bridgehead atoms. The summed E-state index contributed by atoms with van der Waals surface area (Å²) in [4.78, 5) is 1.48. The lowest BCUT2D eigenvalue weighted by Crippen LogP contribution is -2.35. The van der Waals surface area contributed by atoms with Gasteiger partial charge in [0, 0.05) is 17.0 Å². The Morgan fingerprint density at radius 1 is 1.11 bits per heavy atom. The third-order valence-electron chi connectivity index (χ3n) is 3.97. The molecule has 2 aliphatic heterocycles. The van der Waals surface area contributed by atoms with Crippen LogP contribution in [0.15, 0.2) is 29.2 Å². The highest BCUT2D eigenvalue weighted by Crippen LogP contribution is 2.36. The molecular formula is C15H22N2S. The van der Waals surface area contributed by atoms with Gasteiger partial charge in [0.05, 0.1) is 0 Å². The van der Waals surface area contributed by atoms with Crippen molar-refractivity contribution in [1.29, 1.82) is 0 Å². The van der Waals surface area contributed by atoms with Gasteiger partial charge >= 0.3 is 0 Å². The van der Waals surface area contributed by atoms with E-state index in [2.05, 4.69) is 34.9 Å². The van der Waals surface area contributed by atoms with Gasteiger partial charge in [-0.2, -0.15) is 0 Å². The van der Waals surface area contributed by atoms with Crippen molar-refractivity contribution in [2.75, 3.05) is 18.8 Å². The first kappa shape index (κ1) is 12.5. The summed E-state index contributed by atoms with van der Waals surface area (Å²) in [7, 11) is 0. The lowest BCUT2D eigenvalue weighted by atomic mass is 10.0. The fourth-order valence-electron chi connectivity index (χ4n) is 2.99. The van der Waals surface area contributed by atoms with E-state index in [1.54, 1.807) is 0 Å². The predicted molar refractivity (Wildman–Crippen MR) is 78.2 cm³/mol. The molecule has 2 unspecified atom stereocenters. The minimum atomic E-state index is 0.575. The number of thioether (sulfide) groups is 1. The van der Waals surface area contributed by atoms with E-state index in [9.17, 15) is 0 Å². The van der Waals surface area contributed by atoms with E-state index in [1.165, 1.54) is 55.0 Å². The third-order valence-corrected chi connectivity index (χ3v) is 5.09. The number of nitrogens with one attached hydrogen (secondary N) is 2. The predicted octanol–water partition coefficient (Wildman–Crippen LogP) is 2.96. The van der Waals surface area contributed by atoms with Crippen LogP contribution in [0.5, 0.6) is 0 Å². The van der Waals surface area contributed by atoms with Crippen LogP contribution in [0.4, 0.5) is 0 Å². The second kappa shape index (κ2) is 6.09. The summed E-state index contributed by atoms with van der Waals surface area (Å²) in [5, 5.41) is 7.39. The summed E-state index contributed by atoms with van der Waals surface area (Å²) >= 11 is 2.01. The van der Waals surface area contributed by atoms with Crippen molar-refractivity contribution in [1.82, 2.24) is 10.6 Å². The summed E-state index contributed by atoms with van der Waals surface area (Å²) in [6, 6.07) is 10.2. The number of fused-ring (bicyclic) bond motifs is 1. The van der Waals surface area contributed by atoms with Crippen molar-refractivity contribution < 1.29 is 0 Å². The maximum absolute atomic E-state index is 3.90. The first-order valence-electron chi connectivity index (χ1n) is 7.12. The van der Waals surface area contributed by atoms with E-state index in [4.69, 9.17) is 0 Å². The molecule has 0 amide bonds. The van der Waals surface area contributed by atoms with Gasteiger partial charge in [0.25, 0.3) is 0 Å². The summed E-state index contributed by atoms with van der Waals surface area (Å²) in [5.41, 5.74) is 1.52. The zero-order valence-electron chi connectivity index (χ0n) is 10.8. The fraction of sp³-hybridized carbons (Fsp3) is 0.600. The summed E-state index contributed by atoms with van der Waals surface area (Å²) < 4.78 is 0. The Labute approximate surface area is 114 Å². The zero-order valence-corrected chi connectivity index (χ0v) is 11.6. The lowest BCUT2D eigenvalue weighted by molar-refractivity contribution is 0.394. The Morgan fingerprint density at radius 2 is 2.06 bits per heavy atom. The van der Waals surface area contributed by atoms with E-state index in [0.29, 0.717) is 12.1 Å². The van der Waals surface area contributed by atoms with Crippen molar-refractivity contribution in [3.63, 3.8) is 0 Å². The SMILES string of the molecule is c1ccc2c(c1)SCCC2NC1CCCNCC1. The van der Waals surface area contributed by atoms with E-state index < -0.39 is 0 Å². The van der Waals surface area contributed by atoms with Gasteiger partial charge in [0.15, 0.2) is 0 Å². The molecule has 2 aliphatic rings. The van der Waals surface area contributed by atoms with Crippen LogP contribution >= 0.6 is 11.8 Å². The third kappa shape index (κ3) is 2.90. The van der Waals surface area contributed by atoms with Gasteiger partial charge in [0.1, 0.15) is 0 Å². The van der Waals surface area contributed by atoms with Crippen LogP contribution in [-0.2, 0) is 0 Å². The minimum absolute atomic E-state index is 0.575. The smallest absolute Gasteiger partial charge is 0.0341 e. The molecule has 0 spiro atoms. The summed E-state index contributed by atoms with van der Waals surface area (Å²) in [5.74, 6) is 1.25. The number of hydrogen-bond acceptors (Lipinski definition) is 3. The van der Waals surface area contributed by atoms with Crippen LogP contribution in [-0.4, -0.2) is 24.9 Å². The molecule has 0 aromatic heterocycles. The van der Waals surface area contributed by atoms with E-state index >= 15 is 0 Å². The maximum atomic E-state index is 3.90. The monoisotopic (exact) mass is 262 g/mol. The molecule has 1 aromatic carbocycles. The molecule has 1 fully saturated rings. The van der Waals surface area contributed by atoms with Gasteiger partial charge in [-0.05, 0) is 56.2 Å². The molecule has 2 nitrogen and oxygen atoms in total. The molecule has 2 N–H and O–H groups in total. The molecule has 0 saturated carbocycles. The summed E-state index contributed by atoms with van der Waals surface area (Å²) in [6.07, 6.45) is 5.16. The second-order valence-electron chi connectivity index (χ2n) is 5.27. The van der Waals surface area contributed by atoms with E-state index in [0.717, 1.165) is 0 Å². The number of rotatable bonds is 2. The molecule has 0 aliphatic carbocycles. The molecule has 3 heteroatoms. The first-order chi connectivity index (χ1) is 8.93. The van der Waals surface area contributed by atoms with Gasteiger partial charge in [-0.3, -0.25) is 0 Å². The molecule has 1 saturated heterocycles. The molecule has 98 valence electrons. The molecule has 0 radical (unpaired) electrons. The normalized spacial score (nSPS) is 28.4. The zero-order chi connectivity index (χ0) is 12.2. The van der Waals surface area contributed by atoms with Crippen LogP contribution in [0.1, 0.15) is 37.3 Å².